The monoisotopic (exact) mass is 499 g/mol. The predicted octanol–water partition coefficient (Wildman–Crippen LogP) is 6.51. The number of nitrogens with zero attached hydrogens (tertiary/aromatic N) is 3. The van der Waals surface area contributed by atoms with Crippen LogP contribution in [0.2, 0.25) is 0 Å². The zero-order chi connectivity index (χ0) is 24.9. The molecule has 0 fully saturated rings. The van der Waals surface area contributed by atoms with Crippen LogP contribution < -0.4 is 14.2 Å². The summed E-state index contributed by atoms with van der Waals surface area (Å²) in [5.41, 5.74) is 1.17. The van der Waals surface area contributed by atoms with Gasteiger partial charge < -0.3 is 14.2 Å². The molecule has 0 saturated heterocycles. The fourth-order valence-corrected chi connectivity index (χ4v) is 4.82. The average Bonchev–Trinajstić information content (AvgIpc) is 3.12. The number of benzene rings is 2. The Morgan fingerprint density at radius 3 is 2.74 bits per heavy atom. The SMILES string of the molecule is CCOc1ccc(SC(=NSN(C)C(=O)Oc2cccc3c2OC(C)(C)C3)C(C)C)cc1C#N. The lowest BCUT2D eigenvalue weighted by Gasteiger charge is -2.19. The van der Waals surface area contributed by atoms with E-state index in [4.69, 9.17) is 14.2 Å². The van der Waals surface area contributed by atoms with Crippen LogP contribution in [0.3, 0.4) is 0 Å². The molecule has 7 nitrogen and oxygen atoms in total. The quantitative estimate of drug-likeness (QED) is 0.186. The van der Waals surface area contributed by atoms with Crippen molar-refractivity contribution in [1.82, 2.24) is 4.31 Å². The number of ether oxygens (including phenoxy) is 3. The van der Waals surface area contributed by atoms with Gasteiger partial charge in [-0.1, -0.05) is 37.7 Å². The molecule has 0 aromatic heterocycles. The van der Waals surface area contributed by atoms with Crippen LogP contribution in [0.5, 0.6) is 17.2 Å². The van der Waals surface area contributed by atoms with E-state index in [2.05, 4.69) is 10.5 Å². The maximum Gasteiger partial charge on any atom is 0.426 e. The third-order valence-electron chi connectivity index (χ3n) is 4.85. The van der Waals surface area contributed by atoms with Crippen molar-refractivity contribution >= 4 is 35.0 Å². The van der Waals surface area contributed by atoms with E-state index >= 15 is 0 Å². The lowest BCUT2D eigenvalue weighted by atomic mass is 10.0. The molecule has 0 saturated carbocycles. The number of hydrogen-bond donors (Lipinski definition) is 0. The highest BCUT2D eigenvalue weighted by Crippen LogP contribution is 2.42. The Morgan fingerprint density at radius 1 is 1.29 bits per heavy atom. The van der Waals surface area contributed by atoms with Crippen molar-refractivity contribution in [2.45, 2.75) is 51.5 Å². The molecule has 1 aliphatic rings. The number of nitriles is 1. The summed E-state index contributed by atoms with van der Waals surface area (Å²) < 4.78 is 23.0. The summed E-state index contributed by atoms with van der Waals surface area (Å²) in [4.78, 5) is 13.6. The zero-order valence-electron chi connectivity index (χ0n) is 20.2. The molecule has 1 amide bonds. The van der Waals surface area contributed by atoms with E-state index in [0.29, 0.717) is 29.4 Å². The van der Waals surface area contributed by atoms with Crippen LogP contribution in [-0.2, 0) is 6.42 Å². The first-order valence-corrected chi connectivity index (χ1v) is 12.5. The van der Waals surface area contributed by atoms with Gasteiger partial charge in [-0.05, 0) is 45.0 Å². The maximum atomic E-state index is 12.7. The molecule has 0 N–H and O–H groups in total. The Morgan fingerprint density at radius 2 is 2.06 bits per heavy atom. The van der Waals surface area contributed by atoms with Gasteiger partial charge in [0.05, 0.1) is 29.3 Å². The summed E-state index contributed by atoms with van der Waals surface area (Å²) in [6, 6.07) is 13.2. The molecular formula is C25H29N3O4S2. The van der Waals surface area contributed by atoms with E-state index in [1.807, 2.05) is 52.8 Å². The fourth-order valence-electron chi connectivity index (χ4n) is 3.26. The van der Waals surface area contributed by atoms with Crippen molar-refractivity contribution < 1.29 is 19.0 Å². The minimum absolute atomic E-state index is 0.118. The number of amides is 1. The van der Waals surface area contributed by atoms with Crippen LogP contribution in [0.4, 0.5) is 4.79 Å². The molecule has 34 heavy (non-hydrogen) atoms. The second-order valence-electron chi connectivity index (χ2n) is 8.62. The molecule has 3 rings (SSSR count). The molecule has 2 aromatic carbocycles. The Bertz CT molecular complexity index is 1130. The predicted molar refractivity (Wildman–Crippen MR) is 137 cm³/mol. The van der Waals surface area contributed by atoms with Crippen LogP contribution in [-0.4, -0.2) is 34.7 Å². The molecule has 1 aliphatic heterocycles. The number of thioether (sulfide) groups is 1. The molecule has 1 heterocycles. The molecule has 180 valence electrons. The third kappa shape index (κ3) is 6.39. The van der Waals surface area contributed by atoms with Crippen molar-refractivity contribution in [2.24, 2.45) is 10.3 Å². The minimum atomic E-state index is -0.545. The first-order valence-electron chi connectivity index (χ1n) is 11.0. The number of fused-ring (bicyclic) bond motifs is 1. The van der Waals surface area contributed by atoms with Gasteiger partial charge in [0.15, 0.2) is 11.5 Å². The molecule has 0 unspecified atom stereocenters. The fraction of sp³-hybridized carbons (Fsp3) is 0.400. The molecular weight excluding hydrogens is 470 g/mol. The highest BCUT2D eigenvalue weighted by Gasteiger charge is 2.33. The van der Waals surface area contributed by atoms with Gasteiger partial charge in [-0.2, -0.15) is 9.66 Å². The summed E-state index contributed by atoms with van der Waals surface area (Å²) in [6.07, 6.45) is 0.216. The number of rotatable bonds is 7. The first-order chi connectivity index (χ1) is 16.1. The van der Waals surface area contributed by atoms with Gasteiger partial charge in [0, 0.05) is 29.8 Å². The third-order valence-corrected chi connectivity index (χ3v) is 6.90. The normalized spacial score (nSPS) is 14.2. The van der Waals surface area contributed by atoms with Crippen molar-refractivity contribution in [1.29, 1.82) is 5.26 Å². The smallest absolute Gasteiger partial charge is 0.426 e. The van der Waals surface area contributed by atoms with E-state index in [9.17, 15) is 10.1 Å². The van der Waals surface area contributed by atoms with E-state index in [0.717, 1.165) is 34.1 Å². The van der Waals surface area contributed by atoms with Crippen LogP contribution in [0.1, 0.15) is 45.7 Å². The molecule has 2 aromatic rings. The standard InChI is InChI=1S/C25H29N3O4S2/c1-7-30-20-12-11-19(13-18(20)15-26)33-23(16(2)3)27-34-28(6)24(29)31-21-10-8-9-17-14-25(4,5)32-22(17)21/h8-13,16H,7,14H2,1-6H3. The van der Waals surface area contributed by atoms with Gasteiger partial charge in [-0.15, -0.1) is 0 Å². The van der Waals surface area contributed by atoms with E-state index in [1.165, 1.54) is 16.1 Å². The van der Waals surface area contributed by atoms with Gasteiger partial charge in [-0.3, -0.25) is 0 Å². The van der Waals surface area contributed by atoms with Crippen LogP contribution >= 0.6 is 23.9 Å². The van der Waals surface area contributed by atoms with E-state index < -0.39 is 6.09 Å². The molecule has 0 bridgehead atoms. The molecule has 0 atom stereocenters. The summed E-state index contributed by atoms with van der Waals surface area (Å²) in [5, 5.41) is 10.2. The van der Waals surface area contributed by atoms with Crippen molar-refractivity contribution in [3.63, 3.8) is 0 Å². The van der Waals surface area contributed by atoms with Gasteiger partial charge in [0.25, 0.3) is 0 Å². The average molecular weight is 500 g/mol. The summed E-state index contributed by atoms with van der Waals surface area (Å²) in [7, 11) is 1.61. The minimum Gasteiger partial charge on any atom is -0.492 e. The second-order valence-corrected chi connectivity index (χ2v) is 10.6. The van der Waals surface area contributed by atoms with Crippen molar-refractivity contribution in [3.8, 4) is 23.3 Å². The van der Waals surface area contributed by atoms with E-state index in [1.54, 1.807) is 25.2 Å². The van der Waals surface area contributed by atoms with Gasteiger partial charge >= 0.3 is 6.09 Å². The van der Waals surface area contributed by atoms with Gasteiger partial charge in [0.1, 0.15) is 17.4 Å². The number of hydrogen-bond acceptors (Lipinski definition) is 8. The van der Waals surface area contributed by atoms with Crippen molar-refractivity contribution in [3.05, 3.63) is 47.5 Å². The Hall–Kier alpha value is -2.83. The Kier molecular flexibility index (Phi) is 8.39. The Balaban J connectivity index is 1.68. The molecule has 0 radical (unpaired) electrons. The topological polar surface area (TPSA) is 84.2 Å². The molecule has 0 aliphatic carbocycles. The van der Waals surface area contributed by atoms with Crippen LogP contribution in [0.25, 0.3) is 0 Å². The Labute approximate surface area is 209 Å². The molecule has 9 heteroatoms. The van der Waals surface area contributed by atoms with Crippen LogP contribution in [0, 0.1) is 17.2 Å². The lowest BCUT2D eigenvalue weighted by Crippen LogP contribution is -2.25. The van der Waals surface area contributed by atoms with Gasteiger partial charge in [-0.25, -0.2) is 9.10 Å². The second kappa shape index (κ2) is 11.1. The summed E-state index contributed by atoms with van der Waals surface area (Å²) in [6.45, 7) is 10.4. The van der Waals surface area contributed by atoms with E-state index in [-0.39, 0.29) is 11.5 Å². The maximum absolute atomic E-state index is 12.7. The first kappa shape index (κ1) is 25.8. The largest absolute Gasteiger partial charge is 0.492 e. The highest BCUT2D eigenvalue weighted by atomic mass is 32.2. The summed E-state index contributed by atoms with van der Waals surface area (Å²) in [5.74, 6) is 1.70. The van der Waals surface area contributed by atoms with Crippen LogP contribution in [0.15, 0.2) is 45.7 Å². The van der Waals surface area contributed by atoms with Gasteiger partial charge in [0.2, 0.25) is 0 Å². The lowest BCUT2D eigenvalue weighted by molar-refractivity contribution is 0.132. The number of carbonyl (C=O) groups excluding carboxylic acids is 1. The van der Waals surface area contributed by atoms with Crippen molar-refractivity contribution in [2.75, 3.05) is 13.7 Å². The summed E-state index contributed by atoms with van der Waals surface area (Å²) >= 11 is 2.46. The molecule has 0 spiro atoms. The highest BCUT2D eigenvalue weighted by molar-refractivity contribution is 8.14. The number of para-hydroxylation sites is 1. The zero-order valence-corrected chi connectivity index (χ0v) is 21.9. The number of carbonyl (C=O) groups is 1.